The Morgan fingerprint density at radius 1 is 1.44 bits per heavy atom. The summed E-state index contributed by atoms with van der Waals surface area (Å²) in [5.41, 5.74) is 0.589. The maximum absolute atomic E-state index is 11.6. The normalized spacial score (nSPS) is 11.9. The fourth-order valence-corrected chi connectivity index (χ4v) is 1.82. The molecule has 0 radical (unpaired) electrons. The Kier molecular flexibility index (Phi) is 2.61. The lowest BCUT2D eigenvalue weighted by molar-refractivity contribution is -0.525. The molecule has 4 N–H and O–H groups in total. The average molecular weight is 284 g/mol. The molecule has 82 valence electrons. The van der Waals surface area contributed by atoms with Crippen LogP contribution in [-0.2, 0) is 0 Å². The van der Waals surface area contributed by atoms with Crippen LogP contribution in [0.25, 0.3) is 11.0 Å². The Morgan fingerprint density at radius 3 is 2.88 bits per heavy atom. The smallest absolute Gasteiger partial charge is 0.222 e. The fraction of sp³-hybridized carbons (Fsp3) is 0. The van der Waals surface area contributed by atoms with Crippen molar-refractivity contribution in [3.05, 3.63) is 39.2 Å². The Labute approximate surface area is 98.2 Å². The van der Waals surface area contributed by atoms with Gasteiger partial charge < -0.3 is 4.42 Å². The van der Waals surface area contributed by atoms with E-state index < -0.39 is 0 Å². The minimum absolute atomic E-state index is 0.158. The van der Waals surface area contributed by atoms with Gasteiger partial charge in [-0.3, -0.25) is 4.79 Å². The topological polar surface area (TPSA) is 97.6 Å². The van der Waals surface area contributed by atoms with E-state index in [-0.39, 0.29) is 5.43 Å². The van der Waals surface area contributed by atoms with Crippen LogP contribution in [0, 0.1) is 0 Å². The number of halogens is 1. The van der Waals surface area contributed by atoms with E-state index in [1.54, 1.807) is 12.1 Å². The first-order chi connectivity index (χ1) is 7.63. The van der Waals surface area contributed by atoms with Crippen LogP contribution >= 0.6 is 15.9 Å². The molecule has 0 saturated heterocycles. The molecule has 2 rings (SSSR count). The van der Waals surface area contributed by atoms with Crippen molar-refractivity contribution in [2.24, 2.45) is 16.9 Å². The van der Waals surface area contributed by atoms with Gasteiger partial charge >= 0.3 is 0 Å². The van der Waals surface area contributed by atoms with E-state index in [0.717, 1.165) is 4.81 Å². The summed E-state index contributed by atoms with van der Waals surface area (Å²) in [4.78, 5) is 12.5. The SMILES string of the molecule is NN=[N+](N)c1cc(Br)cc2c(=O)ccoc12. The third-order valence-electron chi connectivity index (χ3n) is 2.08. The molecule has 1 aromatic carbocycles. The summed E-state index contributed by atoms with van der Waals surface area (Å²) >= 11 is 3.27. The molecule has 0 aliphatic carbocycles. The van der Waals surface area contributed by atoms with Crippen LogP contribution in [0.1, 0.15) is 0 Å². The molecule has 0 amide bonds. The zero-order chi connectivity index (χ0) is 11.7. The molecule has 6 nitrogen and oxygen atoms in total. The molecule has 0 spiro atoms. The summed E-state index contributed by atoms with van der Waals surface area (Å²) in [6, 6.07) is 4.63. The van der Waals surface area contributed by atoms with E-state index in [1.165, 1.54) is 12.3 Å². The maximum atomic E-state index is 11.6. The summed E-state index contributed by atoms with van der Waals surface area (Å²) in [7, 11) is 0. The van der Waals surface area contributed by atoms with Crippen molar-refractivity contribution in [3.8, 4) is 0 Å². The number of hydrazine groups is 1. The minimum Gasteiger partial charge on any atom is -0.459 e. The fourth-order valence-electron chi connectivity index (χ4n) is 1.37. The van der Waals surface area contributed by atoms with Gasteiger partial charge in [-0.25, -0.2) is 5.84 Å². The van der Waals surface area contributed by atoms with Crippen molar-refractivity contribution < 1.29 is 9.22 Å². The number of fused-ring (bicyclic) bond motifs is 1. The van der Waals surface area contributed by atoms with Gasteiger partial charge in [-0.05, 0) is 10.9 Å². The highest BCUT2D eigenvalue weighted by molar-refractivity contribution is 9.10. The lowest BCUT2D eigenvalue weighted by atomic mass is 10.2. The summed E-state index contributed by atoms with van der Waals surface area (Å²) < 4.78 is 5.93. The second kappa shape index (κ2) is 3.93. The molecule has 0 saturated carbocycles. The van der Waals surface area contributed by atoms with E-state index in [4.69, 9.17) is 16.1 Å². The van der Waals surface area contributed by atoms with Gasteiger partial charge in [0.25, 0.3) is 0 Å². The number of nitrogens with two attached hydrogens (primary N) is 2. The minimum atomic E-state index is -0.158. The zero-order valence-corrected chi connectivity index (χ0v) is 9.64. The molecule has 0 bridgehead atoms. The van der Waals surface area contributed by atoms with Crippen molar-refractivity contribution in [2.45, 2.75) is 0 Å². The van der Waals surface area contributed by atoms with Gasteiger partial charge in [-0.15, -0.1) is 0 Å². The summed E-state index contributed by atoms with van der Waals surface area (Å²) in [5, 5.41) is 3.72. The number of hydrogen-bond donors (Lipinski definition) is 2. The van der Waals surface area contributed by atoms with Gasteiger partial charge in [0.2, 0.25) is 5.69 Å². The molecule has 1 aromatic heterocycles. The summed E-state index contributed by atoms with van der Waals surface area (Å²) in [5.74, 6) is 10.6. The van der Waals surface area contributed by atoms with Crippen molar-refractivity contribution >= 4 is 32.6 Å². The lowest BCUT2D eigenvalue weighted by Gasteiger charge is -2.01. The molecule has 1 heterocycles. The Hall–Kier alpha value is -1.89. The van der Waals surface area contributed by atoms with Crippen molar-refractivity contribution in [1.29, 1.82) is 0 Å². The number of rotatable bonds is 1. The quantitative estimate of drug-likeness (QED) is 0.358. The highest BCUT2D eigenvalue weighted by atomic mass is 79.9. The maximum Gasteiger partial charge on any atom is 0.222 e. The first kappa shape index (κ1) is 10.6. The third-order valence-corrected chi connectivity index (χ3v) is 2.53. The second-order valence-corrected chi connectivity index (χ2v) is 3.96. The van der Waals surface area contributed by atoms with Crippen molar-refractivity contribution in [1.82, 2.24) is 0 Å². The molecular formula is C9H8BrN4O2+. The summed E-state index contributed by atoms with van der Waals surface area (Å²) in [6.45, 7) is 0. The molecule has 7 heteroatoms. The van der Waals surface area contributed by atoms with Crippen LogP contribution < -0.4 is 17.1 Å². The van der Waals surface area contributed by atoms with E-state index in [0.29, 0.717) is 21.1 Å². The predicted molar refractivity (Wildman–Crippen MR) is 60.9 cm³/mol. The molecule has 2 aromatic rings. The zero-order valence-electron chi connectivity index (χ0n) is 8.05. The molecular weight excluding hydrogens is 276 g/mol. The molecule has 0 atom stereocenters. The molecule has 0 fully saturated rings. The van der Waals surface area contributed by atoms with Gasteiger partial charge in [0.1, 0.15) is 5.22 Å². The third kappa shape index (κ3) is 1.65. The van der Waals surface area contributed by atoms with Crippen molar-refractivity contribution in [2.75, 3.05) is 0 Å². The van der Waals surface area contributed by atoms with Gasteiger partial charge in [-0.1, -0.05) is 15.9 Å². The van der Waals surface area contributed by atoms with Crippen LogP contribution in [0.5, 0.6) is 0 Å². The van der Waals surface area contributed by atoms with Crippen LogP contribution in [0.2, 0.25) is 0 Å². The van der Waals surface area contributed by atoms with Crippen LogP contribution in [0.3, 0.4) is 0 Å². The van der Waals surface area contributed by atoms with Gasteiger partial charge in [-0.2, -0.15) is 5.84 Å². The summed E-state index contributed by atoms with van der Waals surface area (Å²) in [6.07, 6.45) is 1.30. The van der Waals surface area contributed by atoms with Gasteiger partial charge in [0.05, 0.1) is 11.6 Å². The highest BCUT2D eigenvalue weighted by Crippen LogP contribution is 2.27. The van der Waals surface area contributed by atoms with E-state index in [1.807, 2.05) is 0 Å². The average Bonchev–Trinajstić information content (AvgIpc) is 2.28. The number of nitrogens with zero attached hydrogens (tertiary/aromatic N) is 2. The molecule has 0 aliphatic heterocycles. The van der Waals surface area contributed by atoms with Crippen LogP contribution in [0.15, 0.2) is 43.4 Å². The first-order valence-corrected chi connectivity index (χ1v) is 5.09. The number of benzene rings is 1. The lowest BCUT2D eigenvalue weighted by Crippen LogP contribution is -2.14. The van der Waals surface area contributed by atoms with Crippen LogP contribution in [-0.4, -0.2) is 4.81 Å². The Balaban J connectivity index is 2.94. The highest BCUT2D eigenvalue weighted by Gasteiger charge is 2.14. The largest absolute Gasteiger partial charge is 0.459 e. The predicted octanol–water partition coefficient (Wildman–Crippen LogP) is 1.40. The van der Waals surface area contributed by atoms with Crippen molar-refractivity contribution in [3.63, 3.8) is 0 Å². The van der Waals surface area contributed by atoms with Gasteiger partial charge in [0, 0.05) is 16.6 Å². The first-order valence-electron chi connectivity index (χ1n) is 4.30. The Morgan fingerprint density at radius 2 is 2.19 bits per heavy atom. The molecule has 0 unspecified atom stereocenters. The van der Waals surface area contributed by atoms with Gasteiger partial charge in [0.15, 0.2) is 11.0 Å². The van der Waals surface area contributed by atoms with E-state index >= 15 is 0 Å². The number of hydrogen-bond acceptors (Lipinski definition) is 3. The Bertz CT molecular complexity index is 635. The van der Waals surface area contributed by atoms with Crippen LogP contribution in [0.4, 0.5) is 5.69 Å². The molecule has 0 aliphatic rings. The van der Waals surface area contributed by atoms with E-state index in [9.17, 15) is 4.79 Å². The molecule has 16 heavy (non-hydrogen) atoms. The van der Waals surface area contributed by atoms with E-state index in [2.05, 4.69) is 21.2 Å². The monoisotopic (exact) mass is 283 g/mol. The standard InChI is InChI=1S/C9H7BrN4O2/c10-5-3-6-8(15)1-2-16-9(6)7(4-5)14(12)13-11/h1-4,11H,12H2/p+1. The second-order valence-electron chi connectivity index (χ2n) is 3.05.